The molecule has 1 aromatic carbocycles. The minimum absolute atomic E-state index is 0.0663. The summed E-state index contributed by atoms with van der Waals surface area (Å²) in [6.45, 7) is 5.29. The van der Waals surface area contributed by atoms with E-state index in [4.69, 9.17) is 9.47 Å². The lowest BCUT2D eigenvalue weighted by atomic mass is 10.1. The van der Waals surface area contributed by atoms with E-state index >= 15 is 0 Å². The molecule has 0 aliphatic carbocycles. The van der Waals surface area contributed by atoms with Gasteiger partial charge in [0, 0.05) is 31.7 Å². The van der Waals surface area contributed by atoms with Gasteiger partial charge in [-0.15, -0.1) is 0 Å². The highest BCUT2D eigenvalue weighted by molar-refractivity contribution is 5.96. The third-order valence-electron chi connectivity index (χ3n) is 3.75. The smallest absolute Gasteiger partial charge is 0.254 e. The van der Waals surface area contributed by atoms with Crippen molar-refractivity contribution in [2.24, 2.45) is 0 Å². The molecule has 20 heavy (non-hydrogen) atoms. The number of likely N-dealkylation sites (N-methyl/N-ethyl adjacent to an activating group) is 1. The third kappa shape index (κ3) is 2.88. The lowest BCUT2D eigenvalue weighted by molar-refractivity contribution is 0.0663. The van der Waals surface area contributed by atoms with Crippen LogP contribution in [0.4, 0.5) is 0 Å². The number of nitrogens with zero attached hydrogens (tertiary/aromatic N) is 2. The molecule has 110 valence electrons. The van der Waals surface area contributed by atoms with E-state index in [1.54, 1.807) is 20.3 Å². The maximum Gasteiger partial charge on any atom is 0.254 e. The number of hydrogen-bond donors (Lipinski definition) is 0. The largest absolute Gasteiger partial charge is 0.493 e. The molecule has 0 radical (unpaired) electrons. The Morgan fingerprint density at radius 3 is 2.15 bits per heavy atom. The Hall–Kier alpha value is -1.75. The molecule has 0 N–H and O–H groups in total. The fraction of sp³-hybridized carbons (Fsp3) is 0.533. The van der Waals surface area contributed by atoms with E-state index in [2.05, 4.69) is 11.9 Å². The first kappa shape index (κ1) is 14.7. The van der Waals surface area contributed by atoms with Gasteiger partial charge in [-0.1, -0.05) is 0 Å². The van der Waals surface area contributed by atoms with E-state index in [-0.39, 0.29) is 5.91 Å². The lowest BCUT2D eigenvalue weighted by Gasteiger charge is -2.32. The lowest BCUT2D eigenvalue weighted by Crippen LogP contribution is -2.47. The van der Waals surface area contributed by atoms with Crippen molar-refractivity contribution in [2.45, 2.75) is 6.92 Å². The Labute approximate surface area is 120 Å². The summed E-state index contributed by atoms with van der Waals surface area (Å²) in [5, 5.41) is 0. The molecule has 0 saturated carbocycles. The number of hydrogen-bond acceptors (Lipinski definition) is 4. The van der Waals surface area contributed by atoms with Gasteiger partial charge >= 0.3 is 0 Å². The van der Waals surface area contributed by atoms with E-state index in [1.807, 2.05) is 17.9 Å². The molecule has 0 unspecified atom stereocenters. The van der Waals surface area contributed by atoms with Gasteiger partial charge in [-0.3, -0.25) is 4.79 Å². The quantitative estimate of drug-likeness (QED) is 0.838. The van der Waals surface area contributed by atoms with Gasteiger partial charge in [-0.2, -0.15) is 0 Å². The van der Waals surface area contributed by atoms with Gasteiger partial charge in [0.2, 0.25) is 0 Å². The summed E-state index contributed by atoms with van der Waals surface area (Å²) >= 11 is 0. The molecule has 1 aliphatic heterocycles. The zero-order valence-corrected chi connectivity index (χ0v) is 12.6. The van der Waals surface area contributed by atoms with Crippen LogP contribution >= 0.6 is 0 Å². The van der Waals surface area contributed by atoms with Crippen molar-refractivity contribution >= 4 is 5.91 Å². The Kier molecular flexibility index (Phi) is 4.49. The molecule has 1 amide bonds. The molecular weight excluding hydrogens is 256 g/mol. The molecule has 1 aromatic rings. The summed E-state index contributed by atoms with van der Waals surface area (Å²) < 4.78 is 10.5. The predicted molar refractivity (Wildman–Crippen MR) is 77.7 cm³/mol. The van der Waals surface area contributed by atoms with Crippen LogP contribution in [0, 0.1) is 6.92 Å². The summed E-state index contributed by atoms with van der Waals surface area (Å²) in [5.41, 5.74) is 1.60. The molecule has 1 aliphatic rings. The number of carbonyl (C=O) groups excluding carboxylic acids is 1. The molecule has 5 heteroatoms. The van der Waals surface area contributed by atoms with Gasteiger partial charge < -0.3 is 19.3 Å². The zero-order valence-electron chi connectivity index (χ0n) is 12.6. The Morgan fingerprint density at radius 1 is 1.05 bits per heavy atom. The van der Waals surface area contributed by atoms with E-state index < -0.39 is 0 Å². The first-order chi connectivity index (χ1) is 9.56. The summed E-state index contributed by atoms with van der Waals surface area (Å²) in [5.74, 6) is 1.31. The Balaban J connectivity index is 2.25. The van der Waals surface area contributed by atoms with E-state index in [9.17, 15) is 4.79 Å². The number of amides is 1. The fourth-order valence-corrected chi connectivity index (χ4v) is 2.39. The van der Waals surface area contributed by atoms with Crippen molar-refractivity contribution in [1.29, 1.82) is 0 Å². The van der Waals surface area contributed by atoms with Gasteiger partial charge in [0.1, 0.15) is 0 Å². The number of aryl methyl sites for hydroxylation is 1. The molecule has 0 spiro atoms. The number of piperazine rings is 1. The zero-order chi connectivity index (χ0) is 14.7. The van der Waals surface area contributed by atoms with Gasteiger partial charge in [-0.05, 0) is 31.7 Å². The minimum Gasteiger partial charge on any atom is -0.493 e. The third-order valence-corrected chi connectivity index (χ3v) is 3.75. The maximum absolute atomic E-state index is 12.6. The number of methoxy groups -OCH3 is 2. The van der Waals surface area contributed by atoms with Crippen LogP contribution in [0.25, 0.3) is 0 Å². The second-order valence-electron chi connectivity index (χ2n) is 5.12. The van der Waals surface area contributed by atoms with Crippen LogP contribution in [-0.4, -0.2) is 63.2 Å². The van der Waals surface area contributed by atoms with Crippen molar-refractivity contribution in [3.63, 3.8) is 0 Å². The second kappa shape index (κ2) is 6.13. The highest BCUT2D eigenvalue weighted by atomic mass is 16.5. The first-order valence-electron chi connectivity index (χ1n) is 6.77. The molecular formula is C15H22N2O3. The van der Waals surface area contributed by atoms with Gasteiger partial charge in [0.15, 0.2) is 11.5 Å². The van der Waals surface area contributed by atoms with Crippen LogP contribution in [0.2, 0.25) is 0 Å². The highest BCUT2D eigenvalue weighted by Gasteiger charge is 2.23. The van der Waals surface area contributed by atoms with Crippen molar-refractivity contribution in [1.82, 2.24) is 9.80 Å². The normalized spacial score (nSPS) is 16.1. The van der Waals surface area contributed by atoms with Crippen LogP contribution < -0.4 is 9.47 Å². The molecule has 2 rings (SSSR count). The standard InChI is InChI=1S/C15H22N2O3/c1-11-9-13(19-3)14(20-4)10-12(11)15(18)17-7-5-16(2)6-8-17/h9-10H,5-8H2,1-4H3. The van der Waals surface area contributed by atoms with Gasteiger partial charge in [0.25, 0.3) is 5.91 Å². The van der Waals surface area contributed by atoms with Crippen LogP contribution in [0.1, 0.15) is 15.9 Å². The Bertz CT molecular complexity index is 494. The monoisotopic (exact) mass is 278 g/mol. The summed E-state index contributed by atoms with van der Waals surface area (Å²) in [6, 6.07) is 3.62. The van der Waals surface area contributed by atoms with E-state index in [0.717, 1.165) is 31.7 Å². The van der Waals surface area contributed by atoms with E-state index in [0.29, 0.717) is 17.1 Å². The Morgan fingerprint density at radius 2 is 1.60 bits per heavy atom. The van der Waals surface area contributed by atoms with Crippen LogP contribution in [0.15, 0.2) is 12.1 Å². The average Bonchev–Trinajstić information content (AvgIpc) is 2.47. The van der Waals surface area contributed by atoms with Crippen molar-refractivity contribution in [2.75, 3.05) is 47.4 Å². The number of carbonyl (C=O) groups is 1. The minimum atomic E-state index is 0.0663. The maximum atomic E-state index is 12.6. The van der Waals surface area contributed by atoms with Crippen molar-refractivity contribution in [3.05, 3.63) is 23.3 Å². The predicted octanol–water partition coefficient (Wildman–Crippen LogP) is 1.40. The molecule has 0 atom stereocenters. The van der Waals surface area contributed by atoms with Crippen molar-refractivity contribution in [3.8, 4) is 11.5 Å². The summed E-state index contributed by atoms with van der Waals surface area (Å²) in [4.78, 5) is 16.7. The molecule has 1 saturated heterocycles. The number of rotatable bonds is 3. The van der Waals surface area contributed by atoms with Crippen LogP contribution in [-0.2, 0) is 0 Å². The number of benzene rings is 1. The molecule has 5 nitrogen and oxygen atoms in total. The summed E-state index contributed by atoms with van der Waals surface area (Å²) in [7, 11) is 5.25. The van der Waals surface area contributed by atoms with Crippen LogP contribution in [0.3, 0.4) is 0 Å². The second-order valence-corrected chi connectivity index (χ2v) is 5.12. The van der Waals surface area contributed by atoms with Gasteiger partial charge in [0.05, 0.1) is 14.2 Å². The SMILES string of the molecule is COc1cc(C)c(C(=O)N2CCN(C)CC2)cc1OC. The molecule has 0 bridgehead atoms. The highest BCUT2D eigenvalue weighted by Crippen LogP contribution is 2.30. The fourth-order valence-electron chi connectivity index (χ4n) is 2.39. The number of ether oxygens (including phenoxy) is 2. The first-order valence-corrected chi connectivity index (χ1v) is 6.77. The topological polar surface area (TPSA) is 42.0 Å². The van der Waals surface area contributed by atoms with Crippen molar-refractivity contribution < 1.29 is 14.3 Å². The molecule has 1 fully saturated rings. The van der Waals surface area contributed by atoms with Gasteiger partial charge in [-0.25, -0.2) is 0 Å². The van der Waals surface area contributed by atoms with E-state index in [1.165, 1.54) is 0 Å². The summed E-state index contributed by atoms with van der Waals surface area (Å²) in [6.07, 6.45) is 0. The average molecular weight is 278 g/mol. The molecule has 1 heterocycles. The molecule has 0 aromatic heterocycles. The van der Waals surface area contributed by atoms with Crippen LogP contribution in [0.5, 0.6) is 11.5 Å².